The van der Waals surface area contributed by atoms with Gasteiger partial charge in [-0.3, -0.25) is 14.2 Å². The molecule has 2 aromatic rings. The Morgan fingerprint density at radius 3 is 2.82 bits per heavy atom. The largest absolute Gasteiger partial charge is 0.358 e. The number of carbonyl (C=O) groups is 1. The highest BCUT2D eigenvalue weighted by Gasteiger charge is 2.09. The molecule has 0 radical (unpaired) electrons. The summed E-state index contributed by atoms with van der Waals surface area (Å²) in [5.74, 6) is 0.324. The van der Waals surface area contributed by atoms with E-state index in [1.807, 2.05) is 6.07 Å². The minimum absolute atomic E-state index is 0.000991. The summed E-state index contributed by atoms with van der Waals surface area (Å²) in [6.07, 6.45) is 0. The van der Waals surface area contributed by atoms with Gasteiger partial charge in [0.15, 0.2) is 0 Å². The van der Waals surface area contributed by atoms with Gasteiger partial charge in [-0.1, -0.05) is 12.1 Å². The van der Waals surface area contributed by atoms with Crippen LogP contribution in [0.3, 0.4) is 0 Å². The molecule has 1 aromatic heterocycles. The van der Waals surface area contributed by atoms with Crippen molar-refractivity contribution < 1.29 is 4.79 Å². The number of likely N-dealkylation sites (N-methyl/N-ethyl adjacent to an activating group) is 1. The molecular weight excluding hydrogens is 218 g/mol. The van der Waals surface area contributed by atoms with Gasteiger partial charge in [0.25, 0.3) is 5.56 Å². The Hall–Kier alpha value is -2.17. The molecule has 5 nitrogen and oxygen atoms in total. The van der Waals surface area contributed by atoms with Crippen molar-refractivity contribution in [1.29, 1.82) is 0 Å². The molecule has 0 saturated heterocycles. The molecule has 2 rings (SSSR count). The molecule has 0 bridgehead atoms. The Kier molecular flexibility index (Phi) is 2.91. The van der Waals surface area contributed by atoms with Gasteiger partial charge >= 0.3 is 0 Å². The molecular formula is C12H13N3O2. The quantitative estimate of drug-likeness (QED) is 0.816. The summed E-state index contributed by atoms with van der Waals surface area (Å²) in [7, 11) is 1.54. The highest BCUT2D eigenvalue weighted by molar-refractivity contribution is 5.79. The van der Waals surface area contributed by atoms with E-state index in [-0.39, 0.29) is 18.0 Å². The number of carbonyl (C=O) groups excluding carboxylic acids is 1. The second kappa shape index (κ2) is 4.37. The Morgan fingerprint density at radius 2 is 2.12 bits per heavy atom. The van der Waals surface area contributed by atoms with Gasteiger partial charge in [-0.05, 0) is 19.1 Å². The minimum atomic E-state index is -0.215. The third kappa shape index (κ3) is 2.04. The van der Waals surface area contributed by atoms with Gasteiger partial charge in [0.2, 0.25) is 5.91 Å². The highest BCUT2D eigenvalue weighted by atomic mass is 16.2. The summed E-state index contributed by atoms with van der Waals surface area (Å²) in [6, 6.07) is 7.11. The topological polar surface area (TPSA) is 64.0 Å². The Morgan fingerprint density at radius 1 is 1.41 bits per heavy atom. The van der Waals surface area contributed by atoms with Crippen molar-refractivity contribution in [3.05, 3.63) is 40.4 Å². The summed E-state index contributed by atoms with van der Waals surface area (Å²) >= 11 is 0. The lowest BCUT2D eigenvalue weighted by Crippen LogP contribution is -2.32. The van der Waals surface area contributed by atoms with Gasteiger partial charge in [-0.25, -0.2) is 4.98 Å². The van der Waals surface area contributed by atoms with Crippen LogP contribution in [0.15, 0.2) is 29.1 Å². The lowest BCUT2D eigenvalue weighted by molar-refractivity contribution is -0.121. The molecule has 1 heterocycles. The molecule has 0 saturated carbocycles. The van der Waals surface area contributed by atoms with Crippen LogP contribution in [0.5, 0.6) is 0 Å². The van der Waals surface area contributed by atoms with Gasteiger partial charge in [0.1, 0.15) is 12.4 Å². The van der Waals surface area contributed by atoms with E-state index < -0.39 is 0 Å². The molecule has 88 valence electrons. The van der Waals surface area contributed by atoms with Crippen molar-refractivity contribution in [3.8, 4) is 0 Å². The zero-order valence-electron chi connectivity index (χ0n) is 9.73. The number of aromatic nitrogens is 2. The average Bonchev–Trinajstić information content (AvgIpc) is 2.34. The fourth-order valence-corrected chi connectivity index (χ4v) is 1.69. The van der Waals surface area contributed by atoms with Crippen LogP contribution in [0.1, 0.15) is 5.82 Å². The van der Waals surface area contributed by atoms with E-state index in [0.717, 1.165) is 0 Å². The number of hydrogen-bond donors (Lipinski definition) is 1. The molecule has 0 unspecified atom stereocenters. The number of rotatable bonds is 2. The fourth-order valence-electron chi connectivity index (χ4n) is 1.69. The number of nitrogens with one attached hydrogen (secondary N) is 1. The third-order valence-corrected chi connectivity index (χ3v) is 2.63. The molecule has 1 N–H and O–H groups in total. The summed E-state index contributed by atoms with van der Waals surface area (Å²) in [5.41, 5.74) is 0.472. The summed E-state index contributed by atoms with van der Waals surface area (Å²) in [6.45, 7) is 1.72. The lowest BCUT2D eigenvalue weighted by Gasteiger charge is -2.09. The van der Waals surface area contributed by atoms with Gasteiger partial charge in [-0.2, -0.15) is 0 Å². The number of benzene rings is 1. The highest BCUT2D eigenvalue weighted by Crippen LogP contribution is 2.06. The van der Waals surface area contributed by atoms with Crippen LogP contribution in [-0.2, 0) is 11.3 Å². The molecule has 0 fully saturated rings. The Bertz CT molecular complexity index is 631. The summed E-state index contributed by atoms with van der Waals surface area (Å²) in [5, 5.41) is 3.02. The second-order valence-corrected chi connectivity index (χ2v) is 3.74. The minimum Gasteiger partial charge on any atom is -0.358 e. The number of fused-ring (bicyclic) bond motifs is 1. The molecule has 0 aliphatic carbocycles. The van der Waals surface area contributed by atoms with E-state index in [0.29, 0.717) is 16.7 Å². The van der Waals surface area contributed by atoms with Gasteiger partial charge in [-0.15, -0.1) is 0 Å². The van der Waals surface area contributed by atoms with E-state index in [2.05, 4.69) is 10.3 Å². The number of aryl methyl sites for hydroxylation is 1. The predicted molar refractivity (Wildman–Crippen MR) is 64.8 cm³/mol. The number of para-hydroxylation sites is 1. The van der Waals surface area contributed by atoms with E-state index in [1.165, 1.54) is 11.6 Å². The van der Waals surface area contributed by atoms with Crippen LogP contribution < -0.4 is 10.9 Å². The van der Waals surface area contributed by atoms with Crippen molar-refractivity contribution in [1.82, 2.24) is 14.9 Å². The first-order valence-corrected chi connectivity index (χ1v) is 5.30. The molecule has 5 heteroatoms. The zero-order chi connectivity index (χ0) is 12.4. The molecule has 0 atom stereocenters. The number of hydrogen-bond acceptors (Lipinski definition) is 3. The first-order chi connectivity index (χ1) is 8.13. The molecule has 1 aromatic carbocycles. The smallest absolute Gasteiger partial charge is 0.261 e. The maximum absolute atomic E-state index is 12.1. The van der Waals surface area contributed by atoms with Gasteiger partial charge < -0.3 is 5.32 Å². The summed E-state index contributed by atoms with van der Waals surface area (Å²) in [4.78, 5) is 27.8. The standard InChI is InChI=1S/C12H13N3O2/c1-8-14-10-6-4-3-5-9(10)12(17)15(8)7-11(16)13-2/h3-6H,7H2,1-2H3,(H,13,16). The third-order valence-electron chi connectivity index (χ3n) is 2.63. The Balaban J connectivity index is 2.64. The molecule has 17 heavy (non-hydrogen) atoms. The number of amides is 1. The van der Waals surface area contributed by atoms with Crippen molar-refractivity contribution in [2.75, 3.05) is 7.05 Å². The molecule has 1 amide bonds. The van der Waals surface area contributed by atoms with Crippen LogP contribution in [0.4, 0.5) is 0 Å². The van der Waals surface area contributed by atoms with Crippen molar-refractivity contribution in [2.45, 2.75) is 13.5 Å². The fraction of sp³-hybridized carbons (Fsp3) is 0.250. The number of nitrogens with zero attached hydrogens (tertiary/aromatic N) is 2. The van der Waals surface area contributed by atoms with Crippen LogP contribution in [-0.4, -0.2) is 22.5 Å². The SMILES string of the molecule is CNC(=O)Cn1c(C)nc2ccccc2c1=O. The average molecular weight is 231 g/mol. The molecule has 0 spiro atoms. The van der Waals surface area contributed by atoms with Crippen LogP contribution >= 0.6 is 0 Å². The first kappa shape index (κ1) is 11.3. The second-order valence-electron chi connectivity index (χ2n) is 3.74. The molecule has 0 aliphatic rings. The maximum atomic E-state index is 12.1. The normalized spacial score (nSPS) is 10.5. The summed E-state index contributed by atoms with van der Waals surface area (Å²) < 4.78 is 1.38. The van der Waals surface area contributed by atoms with E-state index in [1.54, 1.807) is 25.1 Å². The van der Waals surface area contributed by atoms with E-state index in [9.17, 15) is 9.59 Å². The van der Waals surface area contributed by atoms with Crippen molar-refractivity contribution in [2.24, 2.45) is 0 Å². The van der Waals surface area contributed by atoms with Crippen molar-refractivity contribution in [3.63, 3.8) is 0 Å². The van der Waals surface area contributed by atoms with Crippen LogP contribution in [0.25, 0.3) is 10.9 Å². The van der Waals surface area contributed by atoms with Crippen molar-refractivity contribution >= 4 is 16.8 Å². The lowest BCUT2D eigenvalue weighted by atomic mass is 10.2. The van der Waals surface area contributed by atoms with Gasteiger partial charge in [0.05, 0.1) is 10.9 Å². The van der Waals surface area contributed by atoms with Crippen LogP contribution in [0.2, 0.25) is 0 Å². The Labute approximate surface area is 98.1 Å². The van der Waals surface area contributed by atoms with E-state index >= 15 is 0 Å². The predicted octanol–water partition coefficient (Wildman–Crippen LogP) is 0.451. The first-order valence-electron chi connectivity index (χ1n) is 5.30. The van der Waals surface area contributed by atoms with E-state index in [4.69, 9.17) is 0 Å². The monoisotopic (exact) mass is 231 g/mol. The zero-order valence-corrected chi connectivity index (χ0v) is 9.73. The van der Waals surface area contributed by atoms with Crippen LogP contribution in [0, 0.1) is 6.92 Å². The maximum Gasteiger partial charge on any atom is 0.261 e. The van der Waals surface area contributed by atoms with Gasteiger partial charge in [0, 0.05) is 7.05 Å². The molecule has 0 aliphatic heterocycles.